The molecule has 4 heterocycles. The van der Waals surface area contributed by atoms with Crippen LogP contribution >= 0.6 is 0 Å². The Morgan fingerprint density at radius 3 is 2.79 bits per heavy atom. The zero-order valence-corrected chi connectivity index (χ0v) is 19.4. The van der Waals surface area contributed by atoms with E-state index in [1.54, 1.807) is 24.7 Å². The van der Waals surface area contributed by atoms with Gasteiger partial charge >= 0.3 is 0 Å². The third kappa shape index (κ3) is 4.19. The third-order valence-electron chi connectivity index (χ3n) is 6.32. The highest BCUT2D eigenvalue weighted by atomic mass is 32.2. The van der Waals surface area contributed by atoms with Crippen molar-refractivity contribution in [3.8, 4) is 0 Å². The zero-order chi connectivity index (χ0) is 23.7. The molecule has 2 aliphatic rings. The first-order valence-corrected chi connectivity index (χ1v) is 12.4. The summed E-state index contributed by atoms with van der Waals surface area (Å²) in [5.74, 6) is 0.0434. The molecular formula is C25H25N5O3S. The molecule has 1 amide bonds. The number of carbonyl (C=O) groups excluding carboxylic acids is 1. The van der Waals surface area contributed by atoms with Crippen molar-refractivity contribution < 1.29 is 9.00 Å². The van der Waals surface area contributed by atoms with Gasteiger partial charge in [0.15, 0.2) is 0 Å². The fraction of sp³-hybridized carbons (Fsp3) is 0.280. The van der Waals surface area contributed by atoms with Crippen LogP contribution in [0.25, 0.3) is 6.08 Å². The first-order chi connectivity index (χ1) is 16.5. The van der Waals surface area contributed by atoms with Gasteiger partial charge in [-0.3, -0.25) is 19.1 Å². The van der Waals surface area contributed by atoms with Crippen molar-refractivity contribution in [2.45, 2.75) is 36.6 Å². The van der Waals surface area contributed by atoms with E-state index in [0.717, 1.165) is 23.3 Å². The number of fused-ring (bicyclic) bond motifs is 2. The summed E-state index contributed by atoms with van der Waals surface area (Å²) >= 11 is 0. The van der Waals surface area contributed by atoms with Gasteiger partial charge in [-0.15, -0.1) is 0 Å². The molecule has 2 N–H and O–H groups in total. The SMILES string of the molecule is NC(=O)[C@@H]1CCc2ncc(N(CCCc3ccccc3)CC3=Cc4cnccc4S3=O)c(=O)n21. The Hall–Kier alpha value is -3.59. The average Bonchev–Trinajstić information content (AvgIpc) is 3.42. The number of nitrogens with two attached hydrogens (primary N) is 1. The van der Waals surface area contributed by atoms with Gasteiger partial charge in [0, 0.05) is 35.8 Å². The second kappa shape index (κ2) is 9.34. The number of hydrogen-bond donors (Lipinski definition) is 1. The van der Waals surface area contributed by atoms with Crippen LogP contribution in [0.4, 0.5) is 5.69 Å². The lowest BCUT2D eigenvalue weighted by atomic mass is 10.1. The summed E-state index contributed by atoms with van der Waals surface area (Å²) in [6, 6.07) is 11.2. The second-order valence-corrected chi connectivity index (χ2v) is 10.00. The molecule has 1 unspecified atom stereocenters. The topological polar surface area (TPSA) is 111 Å². The van der Waals surface area contributed by atoms with Crippen LogP contribution in [0.15, 0.2) is 69.6 Å². The maximum Gasteiger partial charge on any atom is 0.277 e. The maximum atomic E-state index is 13.5. The predicted octanol–water partition coefficient (Wildman–Crippen LogP) is 2.21. The maximum absolute atomic E-state index is 13.5. The average molecular weight is 476 g/mol. The summed E-state index contributed by atoms with van der Waals surface area (Å²) in [7, 11) is -1.32. The highest BCUT2D eigenvalue weighted by molar-refractivity contribution is 7.89. The molecule has 5 rings (SSSR count). The van der Waals surface area contributed by atoms with Crippen molar-refractivity contribution in [1.82, 2.24) is 14.5 Å². The highest BCUT2D eigenvalue weighted by Crippen LogP contribution is 2.30. The smallest absolute Gasteiger partial charge is 0.277 e. The Morgan fingerprint density at radius 2 is 2.03 bits per heavy atom. The van der Waals surface area contributed by atoms with Crippen LogP contribution in [0.3, 0.4) is 0 Å². The molecule has 8 nitrogen and oxygen atoms in total. The number of primary amides is 1. The molecule has 0 bridgehead atoms. The van der Waals surface area contributed by atoms with E-state index in [9.17, 15) is 13.8 Å². The van der Waals surface area contributed by atoms with E-state index in [1.807, 2.05) is 29.2 Å². The summed E-state index contributed by atoms with van der Waals surface area (Å²) in [6.07, 6.45) is 9.43. The van der Waals surface area contributed by atoms with E-state index < -0.39 is 22.7 Å². The normalized spacial score (nSPS) is 18.3. The predicted molar refractivity (Wildman–Crippen MR) is 131 cm³/mol. The lowest BCUT2D eigenvalue weighted by Crippen LogP contribution is -2.38. The van der Waals surface area contributed by atoms with Crippen molar-refractivity contribution in [1.29, 1.82) is 0 Å². The zero-order valence-electron chi connectivity index (χ0n) is 18.6. The van der Waals surface area contributed by atoms with Gasteiger partial charge in [0.05, 0.1) is 28.4 Å². The van der Waals surface area contributed by atoms with Crippen molar-refractivity contribution in [3.05, 3.63) is 87.2 Å². The van der Waals surface area contributed by atoms with Crippen LogP contribution in [0.2, 0.25) is 0 Å². The van der Waals surface area contributed by atoms with Gasteiger partial charge in [0.2, 0.25) is 5.91 Å². The molecule has 34 heavy (non-hydrogen) atoms. The Labute approximate surface area is 199 Å². The Morgan fingerprint density at radius 1 is 1.21 bits per heavy atom. The molecule has 0 saturated heterocycles. The summed E-state index contributed by atoms with van der Waals surface area (Å²) in [4.78, 5) is 37.4. The quantitative estimate of drug-likeness (QED) is 0.535. The number of amides is 1. The highest BCUT2D eigenvalue weighted by Gasteiger charge is 2.31. The molecule has 1 aromatic carbocycles. The molecule has 3 aromatic rings. The Kier molecular flexibility index (Phi) is 6.10. The van der Waals surface area contributed by atoms with E-state index in [1.165, 1.54) is 10.1 Å². The van der Waals surface area contributed by atoms with Gasteiger partial charge in [-0.25, -0.2) is 9.19 Å². The van der Waals surface area contributed by atoms with E-state index in [-0.39, 0.29) is 5.56 Å². The number of benzene rings is 1. The van der Waals surface area contributed by atoms with Gasteiger partial charge in [-0.2, -0.15) is 0 Å². The van der Waals surface area contributed by atoms with Gasteiger partial charge in [0.1, 0.15) is 17.6 Å². The van der Waals surface area contributed by atoms with E-state index in [0.29, 0.717) is 42.3 Å². The molecule has 2 aromatic heterocycles. The molecule has 0 fully saturated rings. The summed E-state index contributed by atoms with van der Waals surface area (Å²) in [5, 5.41) is 0. The van der Waals surface area contributed by atoms with Crippen molar-refractivity contribution in [3.63, 3.8) is 0 Å². The van der Waals surface area contributed by atoms with Gasteiger partial charge in [-0.05, 0) is 37.0 Å². The van der Waals surface area contributed by atoms with Crippen LogP contribution in [-0.2, 0) is 28.4 Å². The van der Waals surface area contributed by atoms with Crippen molar-refractivity contribution in [2.75, 3.05) is 18.0 Å². The molecule has 0 aliphatic carbocycles. The number of hydrogen-bond acceptors (Lipinski definition) is 6. The molecule has 2 aliphatic heterocycles. The summed E-state index contributed by atoms with van der Waals surface area (Å²) < 4.78 is 14.5. The van der Waals surface area contributed by atoms with Crippen LogP contribution in [0.5, 0.6) is 0 Å². The number of anilines is 1. The number of pyridine rings is 1. The first-order valence-electron chi connectivity index (χ1n) is 11.3. The molecule has 2 atom stereocenters. The van der Waals surface area contributed by atoms with Gasteiger partial charge in [0.25, 0.3) is 5.56 Å². The van der Waals surface area contributed by atoms with Gasteiger partial charge < -0.3 is 10.6 Å². The third-order valence-corrected chi connectivity index (χ3v) is 7.82. The van der Waals surface area contributed by atoms with Crippen LogP contribution in [0.1, 0.15) is 35.8 Å². The van der Waals surface area contributed by atoms with Crippen LogP contribution < -0.4 is 16.2 Å². The number of carbonyl (C=O) groups is 1. The van der Waals surface area contributed by atoms with Crippen molar-refractivity contribution in [2.24, 2.45) is 5.73 Å². The minimum Gasteiger partial charge on any atom is -0.368 e. The molecule has 0 saturated carbocycles. The number of rotatable bonds is 8. The van der Waals surface area contributed by atoms with E-state index in [2.05, 4.69) is 22.1 Å². The van der Waals surface area contributed by atoms with E-state index in [4.69, 9.17) is 5.73 Å². The minimum atomic E-state index is -1.32. The first kappa shape index (κ1) is 22.2. The lowest BCUT2D eigenvalue weighted by molar-refractivity contribution is -0.121. The van der Waals surface area contributed by atoms with Gasteiger partial charge in [-0.1, -0.05) is 30.3 Å². The van der Waals surface area contributed by atoms with Crippen LogP contribution in [0, 0.1) is 0 Å². The number of nitrogens with zero attached hydrogens (tertiary/aromatic N) is 4. The van der Waals surface area contributed by atoms with E-state index >= 15 is 0 Å². The second-order valence-electron chi connectivity index (χ2n) is 8.50. The summed E-state index contributed by atoms with van der Waals surface area (Å²) in [5.41, 5.74) is 7.70. The number of aromatic nitrogens is 3. The largest absolute Gasteiger partial charge is 0.368 e. The fourth-order valence-corrected chi connectivity index (χ4v) is 5.92. The monoisotopic (exact) mass is 475 g/mol. The van der Waals surface area contributed by atoms with Crippen molar-refractivity contribution >= 4 is 28.5 Å². The Balaban J connectivity index is 1.45. The molecule has 174 valence electrons. The summed E-state index contributed by atoms with van der Waals surface area (Å²) in [6.45, 7) is 0.878. The molecule has 0 spiro atoms. The lowest BCUT2D eigenvalue weighted by Gasteiger charge is -2.25. The molecule has 0 radical (unpaired) electrons. The molecular weight excluding hydrogens is 450 g/mol. The van der Waals surface area contributed by atoms with Crippen LogP contribution in [-0.4, -0.2) is 37.7 Å². The number of aryl methyl sites for hydroxylation is 2. The fourth-order valence-electron chi connectivity index (χ4n) is 4.62. The standard InChI is InChI=1S/C25H25N5O3S/c26-24(31)20-8-9-23-28-15-21(25(32)30(20)23)29(12-4-7-17-5-2-1-3-6-17)16-19-13-18-14-27-11-10-22(18)34(19)33/h1-3,5-6,10-11,13-15,20H,4,7-9,12,16H2,(H2,26,31)/t20-,34?/m0/s1. The molecule has 9 heteroatoms. The Bertz CT molecular complexity index is 1350. The minimum absolute atomic E-state index is 0.283.